The largest absolute Gasteiger partial charge is 0.322 e. The second-order valence-corrected chi connectivity index (χ2v) is 2.90. The topological polar surface area (TPSA) is 70.1 Å². The lowest BCUT2D eigenvalue weighted by molar-refractivity contribution is -0.126. The van der Waals surface area contributed by atoms with Gasteiger partial charge >= 0.3 is 0 Å². The standard InChI is InChI=1S/C10H17N3O/c1-3-5-9(6-11)8-13(4-2)10(14)7-12/h8H,3-5,7,12H2,1-2H3. The van der Waals surface area contributed by atoms with Gasteiger partial charge in [0.05, 0.1) is 12.6 Å². The molecule has 0 saturated heterocycles. The van der Waals surface area contributed by atoms with Crippen LogP contribution in [0.5, 0.6) is 0 Å². The number of amides is 1. The minimum Gasteiger partial charge on any atom is -0.322 e. The highest BCUT2D eigenvalue weighted by Gasteiger charge is 2.07. The van der Waals surface area contributed by atoms with Crippen LogP contribution in [0.3, 0.4) is 0 Å². The SMILES string of the molecule is CCCC(C#N)=CN(CC)C(=O)CN. The van der Waals surface area contributed by atoms with Gasteiger partial charge in [0.25, 0.3) is 0 Å². The molecule has 1 amide bonds. The van der Waals surface area contributed by atoms with Crippen molar-refractivity contribution in [3.8, 4) is 6.07 Å². The van der Waals surface area contributed by atoms with Crippen LogP contribution in [-0.4, -0.2) is 23.9 Å². The van der Waals surface area contributed by atoms with E-state index in [0.29, 0.717) is 18.5 Å². The Morgan fingerprint density at radius 1 is 1.57 bits per heavy atom. The van der Waals surface area contributed by atoms with Crippen molar-refractivity contribution in [2.45, 2.75) is 26.7 Å². The highest BCUT2D eigenvalue weighted by Crippen LogP contribution is 2.05. The zero-order valence-corrected chi connectivity index (χ0v) is 8.79. The number of hydrogen-bond acceptors (Lipinski definition) is 3. The number of carbonyl (C=O) groups is 1. The van der Waals surface area contributed by atoms with Gasteiger partial charge in [-0.1, -0.05) is 13.3 Å². The Hall–Kier alpha value is -1.34. The first kappa shape index (κ1) is 12.7. The number of nitrogens with zero attached hydrogens (tertiary/aromatic N) is 2. The lowest BCUT2D eigenvalue weighted by Gasteiger charge is -2.15. The molecule has 2 N–H and O–H groups in total. The maximum atomic E-state index is 11.2. The molecule has 4 heteroatoms. The summed E-state index contributed by atoms with van der Waals surface area (Å²) < 4.78 is 0. The zero-order valence-electron chi connectivity index (χ0n) is 8.79. The molecule has 0 radical (unpaired) electrons. The normalized spacial score (nSPS) is 10.9. The van der Waals surface area contributed by atoms with E-state index in [9.17, 15) is 4.79 Å². The average Bonchev–Trinajstić information content (AvgIpc) is 2.23. The summed E-state index contributed by atoms with van der Waals surface area (Å²) >= 11 is 0. The van der Waals surface area contributed by atoms with Crippen molar-refractivity contribution in [3.05, 3.63) is 11.8 Å². The Kier molecular flexibility index (Phi) is 6.42. The van der Waals surface area contributed by atoms with E-state index < -0.39 is 0 Å². The van der Waals surface area contributed by atoms with Crippen molar-refractivity contribution in [3.63, 3.8) is 0 Å². The Morgan fingerprint density at radius 2 is 2.21 bits per heavy atom. The van der Waals surface area contributed by atoms with Crippen molar-refractivity contribution in [2.75, 3.05) is 13.1 Å². The smallest absolute Gasteiger partial charge is 0.240 e. The molecule has 0 aromatic carbocycles. The zero-order chi connectivity index (χ0) is 11.0. The van der Waals surface area contributed by atoms with Gasteiger partial charge in [-0.2, -0.15) is 5.26 Å². The van der Waals surface area contributed by atoms with E-state index in [0.717, 1.165) is 6.42 Å². The van der Waals surface area contributed by atoms with Gasteiger partial charge in [0.2, 0.25) is 5.91 Å². The highest BCUT2D eigenvalue weighted by molar-refractivity contribution is 5.79. The summed E-state index contributed by atoms with van der Waals surface area (Å²) in [6.45, 7) is 4.37. The molecule has 0 atom stereocenters. The first-order valence-corrected chi connectivity index (χ1v) is 4.79. The number of nitriles is 1. The van der Waals surface area contributed by atoms with E-state index in [-0.39, 0.29) is 12.5 Å². The van der Waals surface area contributed by atoms with Gasteiger partial charge in [0, 0.05) is 18.3 Å². The summed E-state index contributed by atoms with van der Waals surface area (Å²) in [6.07, 6.45) is 3.19. The maximum absolute atomic E-state index is 11.2. The van der Waals surface area contributed by atoms with Gasteiger partial charge in [0.15, 0.2) is 0 Å². The number of likely N-dealkylation sites (N-methyl/N-ethyl adjacent to an activating group) is 1. The van der Waals surface area contributed by atoms with Crippen molar-refractivity contribution in [2.24, 2.45) is 5.73 Å². The molecule has 4 nitrogen and oxygen atoms in total. The van der Waals surface area contributed by atoms with Crippen LogP contribution >= 0.6 is 0 Å². The van der Waals surface area contributed by atoms with Crippen LogP contribution in [0.15, 0.2) is 11.8 Å². The first-order valence-electron chi connectivity index (χ1n) is 4.79. The van der Waals surface area contributed by atoms with Gasteiger partial charge in [-0.15, -0.1) is 0 Å². The predicted molar refractivity (Wildman–Crippen MR) is 55.0 cm³/mol. The molecule has 0 saturated carbocycles. The molecule has 0 spiro atoms. The summed E-state index contributed by atoms with van der Waals surface area (Å²) in [4.78, 5) is 12.7. The average molecular weight is 195 g/mol. The highest BCUT2D eigenvalue weighted by atomic mass is 16.2. The summed E-state index contributed by atoms with van der Waals surface area (Å²) in [5.74, 6) is -0.156. The summed E-state index contributed by atoms with van der Waals surface area (Å²) in [5, 5.41) is 8.77. The Morgan fingerprint density at radius 3 is 2.57 bits per heavy atom. The molecule has 14 heavy (non-hydrogen) atoms. The summed E-state index contributed by atoms with van der Waals surface area (Å²) in [7, 11) is 0. The third kappa shape index (κ3) is 4.06. The molecule has 0 aliphatic carbocycles. The number of hydrogen-bond donors (Lipinski definition) is 1. The molecule has 0 heterocycles. The van der Waals surface area contributed by atoms with Crippen LogP contribution in [0.25, 0.3) is 0 Å². The predicted octanol–water partition coefficient (Wildman–Crippen LogP) is 1.00. The Labute approximate surface area is 85.0 Å². The summed E-state index contributed by atoms with van der Waals surface area (Å²) in [6, 6.07) is 2.07. The molecule has 0 aliphatic rings. The Balaban J connectivity index is 4.54. The monoisotopic (exact) mass is 195 g/mol. The van der Waals surface area contributed by atoms with Crippen molar-refractivity contribution in [1.82, 2.24) is 4.90 Å². The van der Waals surface area contributed by atoms with Crippen molar-refractivity contribution in [1.29, 1.82) is 5.26 Å². The molecule has 0 aliphatic heterocycles. The van der Waals surface area contributed by atoms with Gasteiger partial charge in [0.1, 0.15) is 0 Å². The fourth-order valence-corrected chi connectivity index (χ4v) is 1.06. The molecule has 0 aromatic rings. The molecule has 0 aromatic heterocycles. The minimum atomic E-state index is -0.156. The Bertz CT molecular complexity index is 253. The molecular formula is C10H17N3O. The molecule has 0 fully saturated rings. The lowest BCUT2D eigenvalue weighted by atomic mass is 10.2. The molecule has 0 bridgehead atoms. The third-order valence-electron chi connectivity index (χ3n) is 1.81. The van der Waals surface area contributed by atoms with E-state index in [1.807, 2.05) is 13.8 Å². The van der Waals surface area contributed by atoms with Crippen molar-refractivity contribution >= 4 is 5.91 Å². The number of carbonyl (C=O) groups excluding carboxylic acids is 1. The van der Waals surface area contributed by atoms with E-state index >= 15 is 0 Å². The quantitative estimate of drug-likeness (QED) is 0.665. The lowest BCUT2D eigenvalue weighted by Crippen LogP contribution is -2.31. The van der Waals surface area contributed by atoms with E-state index in [1.165, 1.54) is 4.90 Å². The molecule has 0 rings (SSSR count). The van der Waals surface area contributed by atoms with Crippen LogP contribution in [-0.2, 0) is 4.79 Å². The van der Waals surface area contributed by atoms with E-state index in [1.54, 1.807) is 6.20 Å². The number of allylic oxidation sites excluding steroid dienone is 1. The van der Waals surface area contributed by atoms with Crippen molar-refractivity contribution < 1.29 is 4.79 Å². The van der Waals surface area contributed by atoms with Crippen LogP contribution in [0, 0.1) is 11.3 Å². The van der Waals surface area contributed by atoms with E-state index in [2.05, 4.69) is 6.07 Å². The van der Waals surface area contributed by atoms with Gasteiger partial charge < -0.3 is 10.6 Å². The molecular weight excluding hydrogens is 178 g/mol. The van der Waals surface area contributed by atoms with Crippen LogP contribution in [0.1, 0.15) is 26.7 Å². The fraction of sp³-hybridized carbons (Fsp3) is 0.600. The minimum absolute atomic E-state index is 0.0187. The van der Waals surface area contributed by atoms with Gasteiger partial charge in [-0.3, -0.25) is 4.79 Å². The fourth-order valence-electron chi connectivity index (χ4n) is 1.06. The maximum Gasteiger partial charge on any atom is 0.240 e. The van der Waals surface area contributed by atoms with Crippen LogP contribution < -0.4 is 5.73 Å². The van der Waals surface area contributed by atoms with E-state index in [4.69, 9.17) is 11.0 Å². The third-order valence-corrected chi connectivity index (χ3v) is 1.81. The van der Waals surface area contributed by atoms with Gasteiger partial charge in [-0.25, -0.2) is 0 Å². The number of rotatable bonds is 5. The number of nitrogens with two attached hydrogens (primary N) is 1. The molecule has 78 valence electrons. The van der Waals surface area contributed by atoms with Crippen LogP contribution in [0.2, 0.25) is 0 Å². The second-order valence-electron chi connectivity index (χ2n) is 2.90. The summed E-state index contributed by atoms with van der Waals surface area (Å²) in [5.41, 5.74) is 5.86. The first-order chi connectivity index (χ1) is 6.69. The molecule has 0 unspecified atom stereocenters. The van der Waals surface area contributed by atoms with Gasteiger partial charge in [-0.05, 0) is 13.3 Å². The van der Waals surface area contributed by atoms with Crippen LogP contribution in [0.4, 0.5) is 0 Å². The second kappa shape index (κ2) is 7.10.